The predicted molar refractivity (Wildman–Crippen MR) is 102 cm³/mol. The number of nitrogens with zero attached hydrogens (tertiary/aromatic N) is 1. The Hall–Kier alpha value is -1.37. The van der Waals surface area contributed by atoms with Crippen molar-refractivity contribution in [2.24, 2.45) is 0 Å². The van der Waals surface area contributed by atoms with Crippen LogP contribution < -0.4 is 10.6 Å². The van der Waals surface area contributed by atoms with Crippen molar-refractivity contribution >= 4 is 34.1 Å². The normalized spacial score (nSPS) is 16.8. The van der Waals surface area contributed by atoms with E-state index < -0.39 is 0 Å². The summed E-state index contributed by atoms with van der Waals surface area (Å²) in [4.78, 5) is 19.2. The highest BCUT2D eigenvalue weighted by Gasteiger charge is 2.20. The van der Waals surface area contributed by atoms with Crippen molar-refractivity contribution in [2.45, 2.75) is 42.8 Å². The van der Waals surface area contributed by atoms with E-state index in [1.165, 1.54) is 10.4 Å². The molecule has 0 bridgehead atoms. The molecule has 0 saturated carbocycles. The molecule has 1 amide bonds. The van der Waals surface area contributed by atoms with Crippen LogP contribution in [0.15, 0.2) is 35.4 Å². The summed E-state index contributed by atoms with van der Waals surface area (Å²) in [5.41, 5.74) is 1.23. The van der Waals surface area contributed by atoms with Gasteiger partial charge in [0.1, 0.15) is 0 Å². The molecule has 24 heavy (non-hydrogen) atoms. The summed E-state index contributed by atoms with van der Waals surface area (Å²) in [6.07, 6.45) is 4.22. The first-order valence-corrected chi connectivity index (χ1v) is 10.0. The van der Waals surface area contributed by atoms with Gasteiger partial charge < -0.3 is 10.6 Å². The number of aryl methyl sites for hydroxylation is 1. The molecule has 2 aromatic rings. The van der Waals surface area contributed by atoms with Gasteiger partial charge in [0, 0.05) is 16.0 Å². The summed E-state index contributed by atoms with van der Waals surface area (Å²) in [5.74, 6) is 0.584. The van der Waals surface area contributed by atoms with E-state index in [1.54, 1.807) is 23.1 Å². The van der Waals surface area contributed by atoms with Crippen molar-refractivity contribution in [2.75, 3.05) is 18.4 Å². The molecule has 1 unspecified atom stereocenters. The molecule has 1 aliphatic rings. The third-order valence-electron chi connectivity index (χ3n) is 4.20. The van der Waals surface area contributed by atoms with Gasteiger partial charge in [0.05, 0.1) is 5.25 Å². The zero-order valence-electron chi connectivity index (χ0n) is 14.0. The highest BCUT2D eigenvalue weighted by molar-refractivity contribution is 8.00. The number of amides is 1. The van der Waals surface area contributed by atoms with Crippen LogP contribution in [0.1, 0.15) is 36.1 Å². The SMILES string of the molecule is Cc1ccc(SC(C)C(=O)Nc2ncc(C3CCNCC3)s2)cc1. The molecular formula is C18H23N3OS2. The van der Waals surface area contributed by atoms with Gasteiger partial charge >= 0.3 is 0 Å². The summed E-state index contributed by atoms with van der Waals surface area (Å²) < 4.78 is 0. The van der Waals surface area contributed by atoms with E-state index in [9.17, 15) is 4.79 Å². The number of nitrogens with one attached hydrogen (secondary N) is 2. The summed E-state index contributed by atoms with van der Waals surface area (Å²) in [6, 6.07) is 8.25. The first kappa shape index (κ1) is 17.5. The van der Waals surface area contributed by atoms with Crippen LogP contribution in [-0.2, 0) is 4.79 Å². The first-order valence-electron chi connectivity index (χ1n) is 8.32. The third-order valence-corrected chi connectivity index (χ3v) is 6.39. The number of thiazole rings is 1. The Morgan fingerprint density at radius 2 is 2.04 bits per heavy atom. The van der Waals surface area contributed by atoms with Gasteiger partial charge in [-0.1, -0.05) is 17.7 Å². The van der Waals surface area contributed by atoms with Gasteiger partial charge in [-0.05, 0) is 57.8 Å². The van der Waals surface area contributed by atoms with E-state index >= 15 is 0 Å². The Kier molecular flexibility index (Phi) is 5.92. The molecule has 0 aliphatic carbocycles. The summed E-state index contributed by atoms with van der Waals surface area (Å²) in [5, 5.41) is 6.90. The number of hydrogen-bond acceptors (Lipinski definition) is 5. The average Bonchev–Trinajstić information content (AvgIpc) is 3.06. The quantitative estimate of drug-likeness (QED) is 0.789. The van der Waals surface area contributed by atoms with Crippen LogP contribution in [-0.4, -0.2) is 29.2 Å². The third kappa shape index (κ3) is 4.59. The van der Waals surface area contributed by atoms with E-state index in [-0.39, 0.29) is 11.2 Å². The van der Waals surface area contributed by atoms with Crippen LogP contribution in [0.4, 0.5) is 5.13 Å². The molecule has 1 aromatic carbocycles. The number of carbonyl (C=O) groups excluding carboxylic acids is 1. The molecule has 128 valence electrons. The number of rotatable bonds is 5. The molecule has 1 aromatic heterocycles. The van der Waals surface area contributed by atoms with Gasteiger partial charge in [-0.3, -0.25) is 4.79 Å². The lowest BCUT2D eigenvalue weighted by atomic mass is 9.97. The van der Waals surface area contributed by atoms with Crippen LogP contribution in [0, 0.1) is 6.92 Å². The maximum atomic E-state index is 12.4. The van der Waals surface area contributed by atoms with E-state index in [4.69, 9.17) is 0 Å². The first-order chi connectivity index (χ1) is 11.6. The van der Waals surface area contributed by atoms with Crippen LogP contribution >= 0.6 is 23.1 Å². The molecular weight excluding hydrogens is 338 g/mol. The fraction of sp³-hybridized carbons (Fsp3) is 0.444. The number of benzene rings is 1. The number of piperidine rings is 1. The number of aromatic nitrogens is 1. The number of thioether (sulfide) groups is 1. The molecule has 2 heterocycles. The highest BCUT2D eigenvalue weighted by atomic mass is 32.2. The molecule has 0 radical (unpaired) electrons. The van der Waals surface area contributed by atoms with Crippen molar-refractivity contribution in [1.82, 2.24) is 10.3 Å². The van der Waals surface area contributed by atoms with Gasteiger partial charge in [-0.15, -0.1) is 23.1 Å². The summed E-state index contributed by atoms with van der Waals surface area (Å²) in [7, 11) is 0. The van der Waals surface area contributed by atoms with Gasteiger partial charge in [0.15, 0.2) is 5.13 Å². The molecule has 4 nitrogen and oxygen atoms in total. The van der Waals surface area contributed by atoms with Crippen molar-refractivity contribution in [3.8, 4) is 0 Å². The lowest BCUT2D eigenvalue weighted by Gasteiger charge is -2.20. The minimum absolute atomic E-state index is 0.00628. The lowest BCUT2D eigenvalue weighted by Crippen LogP contribution is -2.26. The Labute approximate surface area is 151 Å². The fourth-order valence-corrected chi connectivity index (χ4v) is 4.58. The van der Waals surface area contributed by atoms with E-state index in [1.807, 2.05) is 13.1 Å². The largest absolute Gasteiger partial charge is 0.317 e. The zero-order chi connectivity index (χ0) is 16.9. The monoisotopic (exact) mass is 361 g/mol. The second-order valence-corrected chi connectivity index (χ2v) is 8.63. The van der Waals surface area contributed by atoms with Gasteiger partial charge in [-0.25, -0.2) is 4.98 Å². The molecule has 6 heteroatoms. The second-order valence-electron chi connectivity index (χ2n) is 6.15. The van der Waals surface area contributed by atoms with Crippen LogP contribution in [0.3, 0.4) is 0 Å². The van der Waals surface area contributed by atoms with Crippen molar-refractivity contribution in [3.05, 3.63) is 40.9 Å². The molecule has 1 aliphatic heterocycles. The summed E-state index contributed by atoms with van der Waals surface area (Å²) in [6.45, 7) is 6.12. The van der Waals surface area contributed by atoms with Crippen molar-refractivity contribution < 1.29 is 4.79 Å². The lowest BCUT2D eigenvalue weighted by molar-refractivity contribution is -0.115. The van der Waals surface area contributed by atoms with Gasteiger partial charge in [-0.2, -0.15) is 0 Å². The highest BCUT2D eigenvalue weighted by Crippen LogP contribution is 2.32. The van der Waals surface area contributed by atoms with E-state index in [2.05, 4.69) is 46.8 Å². The molecule has 1 saturated heterocycles. The topological polar surface area (TPSA) is 54.0 Å². The minimum atomic E-state index is -0.154. The van der Waals surface area contributed by atoms with E-state index in [0.717, 1.165) is 30.8 Å². The Balaban J connectivity index is 1.55. The molecule has 3 rings (SSSR count). The Bertz CT molecular complexity index is 678. The molecule has 1 fully saturated rings. The standard InChI is InChI=1S/C18H23N3OS2/c1-12-3-5-15(6-4-12)23-13(2)17(22)21-18-20-11-16(24-18)14-7-9-19-10-8-14/h3-6,11,13-14,19H,7-10H2,1-2H3,(H,20,21,22). The van der Waals surface area contributed by atoms with Crippen molar-refractivity contribution in [1.29, 1.82) is 0 Å². The van der Waals surface area contributed by atoms with Crippen molar-refractivity contribution in [3.63, 3.8) is 0 Å². The molecule has 2 N–H and O–H groups in total. The van der Waals surface area contributed by atoms with Crippen LogP contribution in [0.5, 0.6) is 0 Å². The molecule has 0 spiro atoms. The smallest absolute Gasteiger partial charge is 0.239 e. The Morgan fingerprint density at radius 1 is 1.33 bits per heavy atom. The van der Waals surface area contributed by atoms with E-state index in [0.29, 0.717) is 11.0 Å². The molecule has 1 atom stereocenters. The van der Waals surface area contributed by atoms with Gasteiger partial charge in [0.2, 0.25) is 5.91 Å². The number of carbonyl (C=O) groups is 1. The van der Waals surface area contributed by atoms with Crippen LogP contribution in [0.25, 0.3) is 0 Å². The Morgan fingerprint density at radius 3 is 2.75 bits per heavy atom. The maximum absolute atomic E-state index is 12.4. The zero-order valence-corrected chi connectivity index (χ0v) is 15.7. The summed E-state index contributed by atoms with van der Waals surface area (Å²) >= 11 is 3.18. The predicted octanol–water partition coefficient (Wildman–Crippen LogP) is 4.04. The average molecular weight is 362 g/mol. The maximum Gasteiger partial charge on any atom is 0.239 e. The van der Waals surface area contributed by atoms with Gasteiger partial charge in [0.25, 0.3) is 0 Å². The minimum Gasteiger partial charge on any atom is -0.317 e. The fourth-order valence-electron chi connectivity index (χ4n) is 2.72. The number of hydrogen-bond donors (Lipinski definition) is 2. The van der Waals surface area contributed by atoms with Crippen LogP contribution in [0.2, 0.25) is 0 Å². The number of anilines is 1. The second kappa shape index (κ2) is 8.14.